The van der Waals surface area contributed by atoms with Crippen molar-refractivity contribution in [2.45, 2.75) is 84.9 Å². The Kier molecular flexibility index (Phi) is 12.2. The molecule has 0 saturated heterocycles. The number of ether oxygens (including phenoxy) is 2. The van der Waals surface area contributed by atoms with E-state index in [1.165, 1.54) is 24.8 Å². The molecule has 10 heteroatoms. The maximum Gasteiger partial charge on any atom is 0.222 e. The number of nitrogens with zero attached hydrogens (tertiary/aromatic N) is 5. The molecule has 1 aliphatic carbocycles. The summed E-state index contributed by atoms with van der Waals surface area (Å²) in [4.78, 5) is 10.9. The average molecular weight is 542 g/mol. The van der Waals surface area contributed by atoms with E-state index < -0.39 is 0 Å². The first kappa shape index (κ1) is 30.6. The van der Waals surface area contributed by atoms with Gasteiger partial charge in [-0.2, -0.15) is 10.1 Å². The van der Waals surface area contributed by atoms with Gasteiger partial charge in [-0.25, -0.2) is 4.98 Å². The summed E-state index contributed by atoms with van der Waals surface area (Å²) in [5.41, 5.74) is 16.7. The highest BCUT2D eigenvalue weighted by Crippen LogP contribution is 2.33. The molecule has 216 valence electrons. The lowest BCUT2D eigenvalue weighted by molar-refractivity contribution is 0.0412. The van der Waals surface area contributed by atoms with Crippen LogP contribution in [0.1, 0.15) is 76.0 Å². The Morgan fingerprint density at radius 3 is 2.54 bits per heavy atom. The lowest BCUT2D eigenvalue weighted by Gasteiger charge is -2.23. The first-order chi connectivity index (χ1) is 19.1. The van der Waals surface area contributed by atoms with Crippen LogP contribution in [0.15, 0.2) is 18.3 Å². The van der Waals surface area contributed by atoms with Gasteiger partial charge in [-0.3, -0.25) is 4.68 Å². The number of fused-ring (bicyclic) bond motifs is 2. The molecule has 0 unspecified atom stereocenters. The summed E-state index contributed by atoms with van der Waals surface area (Å²) in [5, 5.41) is 14.3. The minimum Gasteiger partial charge on any atom is -0.493 e. The molecule has 0 spiro atoms. The molecule has 1 aromatic carbocycles. The van der Waals surface area contributed by atoms with Gasteiger partial charge in [0.25, 0.3) is 0 Å². The molecule has 5 N–H and O–H groups in total. The van der Waals surface area contributed by atoms with Crippen molar-refractivity contribution in [2.24, 2.45) is 5.73 Å². The van der Waals surface area contributed by atoms with Crippen molar-refractivity contribution < 1.29 is 14.6 Å². The number of aromatic nitrogens is 4. The van der Waals surface area contributed by atoms with Crippen LogP contribution in [0.2, 0.25) is 0 Å². The average Bonchev–Trinajstić information content (AvgIpc) is 3.34. The molecule has 0 atom stereocenters. The van der Waals surface area contributed by atoms with Crippen LogP contribution >= 0.6 is 0 Å². The number of nitrogens with two attached hydrogens (primary N) is 2. The maximum absolute atomic E-state index is 9.53. The second-order valence-corrected chi connectivity index (χ2v) is 9.67. The van der Waals surface area contributed by atoms with Crippen LogP contribution in [-0.4, -0.2) is 64.4 Å². The second kappa shape index (κ2) is 15.6. The minimum absolute atomic E-state index is 0.0345. The molecular formula is C29H47N7O3. The van der Waals surface area contributed by atoms with Crippen LogP contribution in [0.5, 0.6) is 5.75 Å². The van der Waals surface area contributed by atoms with Gasteiger partial charge < -0.3 is 30.9 Å². The van der Waals surface area contributed by atoms with E-state index in [0.29, 0.717) is 42.6 Å². The summed E-state index contributed by atoms with van der Waals surface area (Å²) in [7, 11) is 1.78. The topological polar surface area (TPSA) is 138 Å². The molecule has 1 aliphatic heterocycles. The summed E-state index contributed by atoms with van der Waals surface area (Å²) in [6.07, 6.45) is 10.5. The smallest absolute Gasteiger partial charge is 0.222 e. The molecule has 2 aromatic heterocycles. The number of anilines is 2. The van der Waals surface area contributed by atoms with Crippen LogP contribution in [0, 0.1) is 0 Å². The van der Waals surface area contributed by atoms with E-state index >= 15 is 0 Å². The number of hydrogen-bond acceptors (Lipinski definition) is 9. The summed E-state index contributed by atoms with van der Waals surface area (Å²) >= 11 is 0. The summed E-state index contributed by atoms with van der Waals surface area (Å²) in [6.45, 7) is 9.19. The van der Waals surface area contributed by atoms with Gasteiger partial charge in [-0.1, -0.05) is 39.3 Å². The van der Waals surface area contributed by atoms with Crippen LogP contribution < -0.4 is 21.1 Å². The number of unbranched alkanes of at least 4 members (excludes halogenated alkanes) is 1. The standard InChI is InChI=1S/C22H31N7O2.C5H10O.C2H6/c1-2-3-8-28(9-10-30)21-19-18(25-22(24)26-21)14-29(27-19)13-16-7-6-15(12-23)17-5-4-11-31-20(16)17;1-6-5-3-2-4-5;1-2/h6-7,14,30H,2-5,8-13,23H2,1H3,(H2,24,25);5H,2-4H2,1H3;1-2H3. The van der Waals surface area contributed by atoms with Gasteiger partial charge in [0.05, 0.1) is 32.1 Å². The van der Waals surface area contributed by atoms with Gasteiger partial charge in [0.1, 0.15) is 11.3 Å². The molecule has 2 aliphatic rings. The number of aliphatic hydroxyl groups excluding tert-OH is 1. The Morgan fingerprint density at radius 1 is 1.15 bits per heavy atom. The Morgan fingerprint density at radius 2 is 1.92 bits per heavy atom. The molecule has 39 heavy (non-hydrogen) atoms. The molecule has 3 heterocycles. The highest BCUT2D eigenvalue weighted by Gasteiger charge is 2.20. The Labute approximate surface area is 232 Å². The van der Waals surface area contributed by atoms with E-state index in [9.17, 15) is 5.11 Å². The highest BCUT2D eigenvalue weighted by atomic mass is 16.5. The largest absolute Gasteiger partial charge is 0.493 e. The first-order valence-electron chi connectivity index (χ1n) is 14.4. The third-order valence-electron chi connectivity index (χ3n) is 7.06. The fraction of sp³-hybridized carbons (Fsp3) is 0.621. The van der Waals surface area contributed by atoms with Crippen molar-refractivity contribution in [3.05, 3.63) is 35.0 Å². The number of rotatable bonds is 10. The van der Waals surface area contributed by atoms with Gasteiger partial charge in [0, 0.05) is 32.3 Å². The van der Waals surface area contributed by atoms with Crippen molar-refractivity contribution >= 4 is 22.8 Å². The molecule has 0 bridgehead atoms. The lowest BCUT2D eigenvalue weighted by atomic mass is 9.96. The van der Waals surface area contributed by atoms with E-state index in [1.807, 2.05) is 29.6 Å². The van der Waals surface area contributed by atoms with E-state index in [-0.39, 0.29) is 12.6 Å². The highest BCUT2D eigenvalue weighted by molar-refractivity contribution is 5.86. The van der Waals surface area contributed by atoms with Crippen LogP contribution in [0.3, 0.4) is 0 Å². The predicted octanol–water partition coefficient (Wildman–Crippen LogP) is 4.05. The minimum atomic E-state index is 0.0345. The molecular weight excluding hydrogens is 494 g/mol. The molecule has 0 amide bonds. The van der Waals surface area contributed by atoms with Crippen LogP contribution in [0.25, 0.3) is 11.0 Å². The van der Waals surface area contributed by atoms with Gasteiger partial charge >= 0.3 is 0 Å². The normalized spacial score (nSPS) is 14.3. The second-order valence-electron chi connectivity index (χ2n) is 9.67. The summed E-state index contributed by atoms with van der Waals surface area (Å²) in [5.74, 6) is 1.81. The van der Waals surface area contributed by atoms with Crippen molar-refractivity contribution in [1.82, 2.24) is 19.7 Å². The van der Waals surface area contributed by atoms with Crippen LogP contribution in [0.4, 0.5) is 11.8 Å². The summed E-state index contributed by atoms with van der Waals surface area (Å²) in [6, 6.07) is 4.15. The third kappa shape index (κ3) is 7.80. The van der Waals surface area contributed by atoms with Gasteiger partial charge in [-0.15, -0.1) is 0 Å². The van der Waals surface area contributed by atoms with Gasteiger partial charge in [0.2, 0.25) is 5.95 Å². The number of nitrogen functional groups attached to an aromatic ring is 1. The van der Waals surface area contributed by atoms with Gasteiger partial charge in [-0.05, 0) is 49.7 Å². The van der Waals surface area contributed by atoms with Crippen LogP contribution in [-0.2, 0) is 24.2 Å². The molecule has 5 rings (SSSR count). The van der Waals surface area contributed by atoms with E-state index in [0.717, 1.165) is 55.7 Å². The fourth-order valence-corrected chi connectivity index (χ4v) is 4.75. The zero-order valence-corrected chi connectivity index (χ0v) is 24.2. The van der Waals surface area contributed by atoms with Crippen molar-refractivity contribution in [1.29, 1.82) is 0 Å². The number of benzene rings is 1. The third-order valence-corrected chi connectivity index (χ3v) is 7.06. The Hall–Kier alpha value is -2.95. The Bertz CT molecular complexity index is 1160. The van der Waals surface area contributed by atoms with Crippen molar-refractivity contribution in [3.63, 3.8) is 0 Å². The molecule has 1 saturated carbocycles. The molecule has 1 fully saturated rings. The Balaban J connectivity index is 0.000000457. The molecule has 10 nitrogen and oxygen atoms in total. The lowest BCUT2D eigenvalue weighted by Crippen LogP contribution is -2.29. The SMILES string of the molecule is CC.CCCCN(CCO)c1nc(N)nc2cn(Cc3ccc(CN)c4c3OCCC4)nc12.COC1CCC1. The zero-order valence-electron chi connectivity index (χ0n) is 24.2. The van der Waals surface area contributed by atoms with E-state index in [1.54, 1.807) is 7.11 Å². The van der Waals surface area contributed by atoms with E-state index in [2.05, 4.69) is 29.0 Å². The van der Waals surface area contributed by atoms with Crippen molar-refractivity contribution in [2.75, 3.05) is 44.0 Å². The predicted molar refractivity (Wildman–Crippen MR) is 157 cm³/mol. The molecule has 3 aromatic rings. The van der Waals surface area contributed by atoms with Gasteiger partial charge in [0.15, 0.2) is 11.3 Å². The number of aliphatic hydroxyl groups is 1. The zero-order chi connectivity index (χ0) is 28.2. The number of methoxy groups -OCH3 is 1. The first-order valence-corrected chi connectivity index (χ1v) is 14.4. The summed E-state index contributed by atoms with van der Waals surface area (Å²) < 4.78 is 12.9. The fourth-order valence-electron chi connectivity index (χ4n) is 4.75. The quantitative estimate of drug-likeness (QED) is 0.347. The van der Waals surface area contributed by atoms with E-state index in [4.69, 9.17) is 26.0 Å². The maximum atomic E-state index is 9.53. The monoisotopic (exact) mass is 541 g/mol. The van der Waals surface area contributed by atoms with Crippen molar-refractivity contribution in [3.8, 4) is 5.75 Å². The number of hydrogen-bond donors (Lipinski definition) is 3. The molecule has 0 radical (unpaired) electrons.